The number of nitrogens with zero attached hydrogens (tertiary/aromatic N) is 2. The molecule has 0 spiro atoms. The zero-order valence-electron chi connectivity index (χ0n) is 12.3. The monoisotopic (exact) mass is 370 g/mol. The van der Waals surface area contributed by atoms with E-state index in [1.165, 1.54) is 17.3 Å². The highest BCUT2D eigenvalue weighted by molar-refractivity contribution is 9.10. The molecule has 1 unspecified atom stereocenters. The van der Waals surface area contributed by atoms with Gasteiger partial charge in [-0.25, -0.2) is 9.89 Å². The molecular weight excluding hydrogens is 352 g/mol. The van der Waals surface area contributed by atoms with Crippen molar-refractivity contribution in [1.29, 1.82) is 0 Å². The first-order chi connectivity index (χ1) is 10.1. The van der Waals surface area contributed by atoms with Gasteiger partial charge in [0.05, 0.1) is 0 Å². The van der Waals surface area contributed by atoms with Gasteiger partial charge < -0.3 is 5.32 Å². The highest BCUT2D eigenvalue weighted by Gasteiger charge is 2.12. The predicted molar refractivity (Wildman–Crippen MR) is 88.9 cm³/mol. The fourth-order valence-electron chi connectivity index (χ4n) is 1.94. The zero-order valence-corrected chi connectivity index (χ0v) is 14.7. The van der Waals surface area contributed by atoms with E-state index < -0.39 is 0 Å². The second-order valence-electron chi connectivity index (χ2n) is 4.77. The van der Waals surface area contributed by atoms with Crippen molar-refractivity contribution in [3.05, 3.63) is 38.7 Å². The van der Waals surface area contributed by atoms with Crippen LogP contribution in [0.1, 0.15) is 31.9 Å². The molecule has 0 aliphatic heterocycles. The molecule has 1 atom stereocenters. The number of aromatic amines is 1. The van der Waals surface area contributed by atoms with Gasteiger partial charge in [-0.1, -0.05) is 13.0 Å². The number of rotatable bonds is 6. The average Bonchev–Trinajstić information content (AvgIpc) is 2.82. The number of halogens is 1. The van der Waals surface area contributed by atoms with Gasteiger partial charge in [0, 0.05) is 22.0 Å². The second-order valence-corrected chi connectivity index (χ2v) is 6.63. The molecule has 1 heterocycles. The van der Waals surface area contributed by atoms with Crippen LogP contribution < -0.4 is 11.0 Å². The Kier molecular flexibility index (Phi) is 5.66. The molecule has 0 fully saturated rings. The van der Waals surface area contributed by atoms with E-state index in [1.54, 1.807) is 4.57 Å². The Morgan fingerprint density at radius 3 is 2.90 bits per heavy atom. The van der Waals surface area contributed by atoms with E-state index in [1.807, 2.05) is 20.0 Å². The number of H-pyrrole nitrogens is 1. The molecule has 21 heavy (non-hydrogen) atoms. The Labute approximate surface area is 136 Å². The van der Waals surface area contributed by atoms with Crippen molar-refractivity contribution in [2.24, 2.45) is 0 Å². The number of hydrogen-bond donors (Lipinski definition) is 2. The third-order valence-corrected chi connectivity index (χ3v) is 5.25. The van der Waals surface area contributed by atoms with Gasteiger partial charge >= 0.3 is 5.69 Å². The normalized spacial score (nSPS) is 12.6. The molecule has 2 N–H and O–H groups in total. The first-order valence-corrected chi connectivity index (χ1v) is 8.47. The molecule has 0 radical (unpaired) electrons. The van der Waals surface area contributed by atoms with Gasteiger partial charge in [-0.15, -0.1) is 5.10 Å². The van der Waals surface area contributed by atoms with Crippen LogP contribution in [0, 0.1) is 0 Å². The van der Waals surface area contributed by atoms with Crippen LogP contribution in [0.4, 0.5) is 0 Å². The van der Waals surface area contributed by atoms with Crippen molar-refractivity contribution in [3.8, 4) is 0 Å². The van der Waals surface area contributed by atoms with Crippen LogP contribution in [0.15, 0.2) is 37.5 Å². The third-order valence-electron chi connectivity index (χ3n) is 3.26. The quantitative estimate of drug-likeness (QED) is 0.819. The molecule has 0 saturated heterocycles. The number of nitrogens with one attached hydrogen (secondary N) is 2. The van der Waals surface area contributed by atoms with Crippen LogP contribution in [0.3, 0.4) is 0 Å². The molecule has 2 aromatic rings. The molecule has 5 nitrogen and oxygen atoms in total. The molecule has 7 heteroatoms. The van der Waals surface area contributed by atoms with Crippen LogP contribution in [0.2, 0.25) is 0 Å². The molecular formula is C14H19BrN4OS. The standard InChI is InChI=1S/C14H19BrN4OS/c1-4-7-19-13(20)17-18-14(19)21-12-6-5-10(8-11(12)15)9(2)16-3/h5-6,8-9,16H,4,7H2,1-3H3,(H,17,20). The summed E-state index contributed by atoms with van der Waals surface area (Å²) in [5.41, 5.74) is 1.05. The summed E-state index contributed by atoms with van der Waals surface area (Å²) in [4.78, 5) is 12.7. The van der Waals surface area contributed by atoms with E-state index in [9.17, 15) is 4.79 Å². The molecule has 0 saturated carbocycles. The zero-order chi connectivity index (χ0) is 15.4. The summed E-state index contributed by atoms with van der Waals surface area (Å²) < 4.78 is 2.67. The lowest BCUT2D eigenvalue weighted by atomic mass is 10.1. The van der Waals surface area contributed by atoms with E-state index in [0.29, 0.717) is 17.7 Å². The first kappa shape index (κ1) is 16.3. The van der Waals surface area contributed by atoms with Gasteiger partial charge in [-0.3, -0.25) is 4.57 Å². The highest BCUT2D eigenvalue weighted by atomic mass is 79.9. The summed E-state index contributed by atoms with van der Waals surface area (Å²) in [6.07, 6.45) is 0.896. The van der Waals surface area contributed by atoms with E-state index in [-0.39, 0.29) is 5.69 Å². The van der Waals surface area contributed by atoms with Crippen molar-refractivity contribution in [1.82, 2.24) is 20.1 Å². The number of hydrogen-bond acceptors (Lipinski definition) is 4. The highest BCUT2D eigenvalue weighted by Crippen LogP contribution is 2.33. The lowest BCUT2D eigenvalue weighted by Gasteiger charge is -2.12. The third kappa shape index (κ3) is 3.78. The summed E-state index contributed by atoms with van der Waals surface area (Å²) in [7, 11) is 1.94. The van der Waals surface area contributed by atoms with Crippen molar-refractivity contribution < 1.29 is 0 Å². The van der Waals surface area contributed by atoms with Crippen molar-refractivity contribution in [2.45, 2.75) is 42.9 Å². The fraction of sp³-hybridized carbons (Fsp3) is 0.429. The minimum atomic E-state index is -0.157. The van der Waals surface area contributed by atoms with E-state index in [4.69, 9.17) is 0 Å². The second kappa shape index (κ2) is 7.29. The van der Waals surface area contributed by atoms with Gasteiger partial charge in [0.1, 0.15) is 0 Å². The van der Waals surface area contributed by atoms with E-state index >= 15 is 0 Å². The Morgan fingerprint density at radius 1 is 1.52 bits per heavy atom. The van der Waals surface area contributed by atoms with Crippen LogP contribution in [-0.4, -0.2) is 21.8 Å². The van der Waals surface area contributed by atoms with Gasteiger partial charge in [-0.05, 0) is 65.8 Å². The first-order valence-electron chi connectivity index (χ1n) is 6.86. The lowest BCUT2D eigenvalue weighted by molar-refractivity contribution is 0.604. The maximum atomic E-state index is 11.7. The lowest BCUT2D eigenvalue weighted by Crippen LogP contribution is -2.17. The molecule has 2 rings (SSSR count). The Bertz CT molecular complexity index is 667. The summed E-state index contributed by atoms with van der Waals surface area (Å²) in [5.74, 6) is 0. The average molecular weight is 371 g/mol. The maximum Gasteiger partial charge on any atom is 0.343 e. The minimum absolute atomic E-state index is 0.157. The predicted octanol–water partition coefficient (Wildman–Crippen LogP) is 3.18. The SMILES string of the molecule is CCCn1c(Sc2ccc(C(C)NC)cc2Br)n[nH]c1=O. The molecule has 1 aromatic carbocycles. The Morgan fingerprint density at radius 2 is 2.29 bits per heavy atom. The topological polar surface area (TPSA) is 62.7 Å². The Balaban J connectivity index is 2.26. The Hall–Kier alpha value is -1.05. The van der Waals surface area contributed by atoms with E-state index in [2.05, 4.69) is 50.5 Å². The molecule has 1 aromatic heterocycles. The van der Waals surface area contributed by atoms with Gasteiger partial charge in [-0.2, -0.15) is 0 Å². The summed E-state index contributed by atoms with van der Waals surface area (Å²) >= 11 is 5.08. The minimum Gasteiger partial charge on any atom is -0.313 e. The van der Waals surface area contributed by atoms with Crippen LogP contribution in [-0.2, 0) is 6.54 Å². The van der Waals surface area contributed by atoms with Crippen LogP contribution in [0.25, 0.3) is 0 Å². The largest absolute Gasteiger partial charge is 0.343 e. The van der Waals surface area contributed by atoms with E-state index in [0.717, 1.165) is 15.8 Å². The number of aromatic nitrogens is 3. The molecule has 114 valence electrons. The van der Waals surface area contributed by atoms with Crippen molar-refractivity contribution >= 4 is 27.7 Å². The fourth-order valence-corrected chi connectivity index (χ4v) is 3.44. The van der Waals surface area contributed by atoms with Crippen LogP contribution >= 0.6 is 27.7 Å². The molecule has 0 amide bonds. The molecule has 0 aliphatic carbocycles. The summed E-state index contributed by atoms with van der Waals surface area (Å²) in [6, 6.07) is 6.53. The molecule has 0 bridgehead atoms. The van der Waals surface area contributed by atoms with Crippen LogP contribution in [0.5, 0.6) is 0 Å². The molecule has 0 aliphatic rings. The van der Waals surface area contributed by atoms with Gasteiger partial charge in [0.2, 0.25) is 0 Å². The van der Waals surface area contributed by atoms with Crippen molar-refractivity contribution in [2.75, 3.05) is 7.05 Å². The van der Waals surface area contributed by atoms with Gasteiger partial charge in [0.15, 0.2) is 5.16 Å². The summed E-state index contributed by atoms with van der Waals surface area (Å²) in [6.45, 7) is 4.82. The maximum absolute atomic E-state index is 11.7. The smallest absolute Gasteiger partial charge is 0.313 e. The van der Waals surface area contributed by atoms with Crippen molar-refractivity contribution in [3.63, 3.8) is 0 Å². The summed E-state index contributed by atoms with van der Waals surface area (Å²) in [5, 5.41) is 10.5. The number of benzene rings is 1. The van der Waals surface area contributed by atoms with Gasteiger partial charge in [0.25, 0.3) is 0 Å².